The molecule has 0 aliphatic carbocycles. The van der Waals surface area contributed by atoms with Gasteiger partial charge in [-0.3, -0.25) is 9.79 Å². The minimum Gasteiger partial charge on any atom is -0.497 e. The normalized spacial score (nSPS) is 19.6. The molecular formula is C21H25N3O4. The summed E-state index contributed by atoms with van der Waals surface area (Å²) in [4.78, 5) is 22.0. The van der Waals surface area contributed by atoms with Gasteiger partial charge in [0.25, 0.3) is 0 Å². The Kier molecular flexibility index (Phi) is 5.63. The number of aliphatic imine (C=N–C) groups is 1. The highest BCUT2D eigenvalue weighted by Gasteiger charge is 2.41. The SMILES string of the molecule is COc1cccc(C2C(c3noc(C)n3)=C(C)N=C(C)C2C(=O)OC(C)C)c1. The monoisotopic (exact) mass is 383 g/mol. The Morgan fingerprint density at radius 2 is 1.96 bits per heavy atom. The van der Waals surface area contributed by atoms with Crippen LogP contribution in [-0.2, 0) is 9.53 Å². The zero-order chi connectivity index (χ0) is 20.4. The summed E-state index contributed by atoms with van der Waals surface area (Å²) < 4.78 is 16.1. The van der Waals surface area contributed by atoms with Crippen LogP contribution in [0.2, 0.25) is 0 Å². The maximum atomic E-state index is 13.0. The predicted molar refractivity (Wildman–Crippen MR) is 105 cm³/mol. The molecule has 7 heteroatoms. The molecule has 2 unspecified atom stereocenters. The van der Waals surface area contributed by atoms with Crippen LogP contribution in [0.25, 0.3) is 5.57 Å². The molecule has 3 rings (SSSR count). The van der Waals surface area contributed by atoms with Gasteiger partial charge in [-0.05, 0) is 45.4 Å². The average molecular weight is 383 g/mol. The number of carbonyl (C=O) groups is 1. The second-order valence-corrected chi connectivity index (χ2v) is 7.11. The zero-order valence-corrected chi connectivity index (χ0v) is 17.0. The topological polar surface area (TPSA) is 86.8 Å². The molecule has 1 aromatic heterocycles. The Labute approximate surface area is 164 Å². The van der Waals surface area contributed by atoms with Crippen molar-refractivity contribution in [2.24, 2.45) is 10.9 Å². The number of hydrogen-bond acceptors (Lipinski definition) is 7. The van der Waals surface area contributed by atoms with Crippen LogP contribution >= 0.6 is 0 Å². The molecule has 0 radical (unpaired) electrons. The van der Waals surface area contributed by atoms with E-state index in [1.165, 1.54) is 0 Å². The van der Waals surface area contributed by atoms with E-state index < -0.39 is 5.92 Å². The Bertz CT molecular complexity index is 943. The largest absolute Gasteiger partial charge is 0.497 e. The molecule has 0 saturated carbocycles. The molecule has 7 nitrogen and oxygen atoms in total. The van der Waals surface area contributed by atoms with Crippen LogP contribution in [0.15, 0.2) is 39.5 Å². The summed E-state index contributed by atoms with van der Waals surface area (Å²) in [6.07, 6.45) is -0.228. The van der Waals surface area contributed by atoms with E-state index >= 15 is 0 Å². The lowest BCUT2D eigenvalue weighted by Crippen LogP contribution is -2.35. The van der Waals surface area contributed by atoms with Crippen LogP contribution < -0.4 is 4.74 Å². The molecule has 0 amide bonds. The summed E-state index contributed by atoms with van der Waals surface area (Å²) >= 11 is 0. The molecule has 0 spiro atoms. The summed E-state index contributed by atoms with van der Waals surface area (Å²) in [7, 11) is 1.61. The van der Waals surface area contributed by atoms with Gasteiger partial charge >= 0.3 is 5.97 Å². The van der Waals surface area contributed by atoms with Gasteiger partial charge in [-0.2, -0.15) is 4.98 Å². The maximum absolute atomic E-state index is 13.0. The third kappa shape index (κ3) is 3.83. The van der Waals surface area contributed by atoms with E-state index in [0.29, 0.717) is 23.2 Å². The minimum absolute atomic E-state index is 0.228. The second-order valence-electron chi connectivity index (χ2n) is 7.11. The number of aromatic nitrogens is 2. The maximum Gasteiger partial charge on any atom is 0.315 e. The summed E-state index contributed by atoms with van der Waals surface area (Å²) in [5, 5.41) is 4.09. The standard InChI is InChI=1S/C21H25N3O4/c1-11(2)27-21(25)18-13(4)22-12(3)17(20-23-14(5)28-24-20)19(18)15-8-7-9-16(10-15)26-6/h7-11,18-19H,1-6H3. The van der Waals surface area contributed by atoms with E-state index in [1.807, 2.05) is 52.0 Å². The number of methoxy groups -OCH3 is 1. The Hall–Kier alpha value is -2.96. The fraction of sp³-hybridized carbons (Fsp3) is 0.429. The minimum atomic E-state index is -0.591. The van der Waals surface area contributed by atoms with Crippen molar-refractivity contribution in [2.45, 2.75) is 46.6 Å². The number of ether oxygens (including phenoxy) is 2. The first-order chi connectivity index (χ1) is 13.3. The molecular weight excluding hydrogens is 358 g/mol. The first-order valence-electron chi connectivity index (χ1n) is 9.23. The summed E-state index contributed by atoms with van der Waals surface area (Å²) in [5.41, 5.74) is 3.09. The van der Waals surface area contributed by atoms with Crippen molar-refractivity contribution in [3.63, 3.8) is 0 Å². The molecule has 1 aliphatic rings. The van der Waals surface area contributed by atoms with Gasteiger partial charge in [0, 0.05) is 29.8 Å². The van der Waals surface area contributed by atoms with Crippen molar-refractivity contribution >= 4 is 17.3 Å². The predicted octanol–water partition coefficient (Wildman–Crippen LogP) is 3.94. The van der Waals surface area contributed by atoms with Gasteiger partial charge in [0.1, 0.15) is 11.7 Å². The van der Waals surface area contributed by atoms with Gasteiger partial charge in [-0.1, -0.05) is 17.3 Å². The van der Waals surface area contributed by atoms with Crippen molar-refractivity contribution in [3.8, 4) is 5.75 Å². The summed E-state index contributed by atoms with van der Waals surface area (Å²) in [5.74, 6) is 0.306. The molecule has 1 aliphatic heterocycles. The molecule has 2 aromatic rings. The van der Waals surface area contributed by atoms with Gasteiger partial charge in [-0.15, -0.1) is 0 Å². The fourth-order valence-electron chi connectivity index (χ4n) is 3.54. The first-order valence-corrected chi connectivity index (χ1v) is 9.23. The van der Waals surface area contributed by atoms with Crippen LogP contribution in [0.4, 0.5) is 0 Å². The third-order valence-electron chi connectivity index (χ3n) is 4.66. The van der Waals surface area contributed by atoms with Gasteiger partial charge in [-0.25, -0.2) is 0 Å². The van der Waals surface area contributed by atoms with Crippen LogP contribution in [0.5, 0.6) is 5.75 Å². The van der Waals surface area contributed by atoms with Gasteiger partial charge < -0.3 is 14.0 Å². The average Bonchev–Trinajstić information content (AvgIpc) is 3.06. The molecule has 1 aromatic carbocycles. The van der Waals surface area contributed by atoms with Crippen LogP contribution in [0, 0.1) is 12.8 Å². The highest BCUT2D eigenvalue weighted by Crippen LogP contribution is 2.44. The second kappa shape index (κ2) is 7.96. The fourth-order valence-corrected chi connectivity index (χ4v) is 3.54. The van der Waals surface area contributed by atoms with Gasteiger partial charge in [0.2, 0.25) is 11.7 Å². The first kappa shape index (κ1) is 19.8. The van der Waals surface area contributed by atoms with Crippen LogP contribution in [-0.4, -0.2) is 35.0 Å². The number of nitrogens with zero attached hydrogens (tertiary/aromatic N) is 3. The number of esters is 1. The van der Waals surface area contributed by atoms with E-state index in [2.05, 4.69) is 15.1 Å². The highest BCUT2D eigenvalue weighted by molar-refractivity contribution is 6.06. The molecule has 2 atom stereocenters. The lowest BCUT2D eigenvalue weighted by atomic mass is 9.75. The van der Waals surface area contributed by atoms with Crippen molar-refractivity contribution in [2.75, 3.05) is 7.11 Å². The van der Waals surface area contributed by atoms with E-state index in [1.54, 1.807) is 14.0 Å². The van der Waals surface area contributed by atoms with Crippen molar-refractivity contribution in [3.05, 3.63) is 47.2 Å². The Morgan fingerprint density at radius 1 is 1.21 bits per heavy atom. The molecule has 0 N–H and O–H groups in total. The lowest BCUT2D eigenvalue weighted by Gasteiger charge is -2.32. The van der Waals surface area contributed by atoms with E-state index in [0.717, 1.165) is 16.8 Å². The van der Waals surface area contributed by atoms with E-state index in [-0.39, 0.29) is 18.0 Å². The quantitative estimate of drug-likeness (QED) is 0.727. The third-order valence-corrected chi connectivity index (χ3v) is 4.66. The summed E-state index contributed by atoms with van der Waals surface area (Å²) in [6, 6.07) is 7.64. The van der Waals surface area contributed by atoms with E-state index in [4.69, 9.17) is 14.0 Å². The molecule has 148 valence electrons. The molecule has 2 heterocycles. The summed E-state index contributed by atoms with van der Waals surface area (Å²) in [6.45, 7) is 9.13. The van der Waals surface area contributed by atoms with Gasteiger partial charge in [0.15, 0.2) is 0 Å². The van der Waals surface area contributed by atoms with Crippen LogP contribution in [0.3, 0.4) is 0 Å². The number of benzene rings is 1. The Balaban J connectivity index is 2.19. The van der Waals surface area contributed by atoms with Crippen molar-refractivity contribution in [1.82, 2.24) is 10.1 Å². The molecule has 0 fully saturated rings. The number of hydrogen-bond donors (Lipinski definition) is 0. The number of rotatable bonds is 5. The lowest BCUT2D eigenvalue weighted by molar-refractivity contribution is -0.150. The van der Waals surface area contributed by atoms with Crippen LogP contribution in [0.1, 0.15) is 50.9 Å². The molecule has 28 heavy (non-hydrogen) atoms. The smallest absolute Gasteiger partial charge is 0.315 e. The number of aryl methyl sites for hydroxylation is 1. The van der Waals surface area contributed by atoms with Crippen molar-refractivity contribution < 1.29 is 18.8 Å². The molecule has 0 bridgehead atoms. The van der Waals surface area contributed by atoms with Gasteiger partial charge in [0.05, 0.1) is 13.2 Å². The highest BCUT2D eigenvalue weighted by atomic mass is 16.5. The number of allylic oxidation sites excluding steroid dienone is 2. The van der Waals surface area contributed by atoms with Crippen molar-refractivity contribution in [1.29, 1.82) is 0 Å². The molecule has 0 saturated heterocycles. The van der Waals surface area contributed by atoms with E-state index in [9.17, 15) is 4.79 Å². The Morgan fingerprint density at radius 3 is 2.57 bits per heavy atom. The number of carbonyl (C=O) groups excluding carboxylic acids is 1. The zero-order valence-electron chi connectivity index (χ0n) is 17.0.